The fraction of sp³-hybridized carbons (Fsp3) is 0.500. The molecule has 0 radical (unpaired) electrons. The van der Waals surface area contributed by atoms with Gasteiger partial charge in [0.25, 0.3) is 0 Å². The summed E-state index contributed by atoms with van der Waals surface area (Å²) in [7, 11) is -3.49. The molecule has 1 saturated carbocycles. The van der Waals surface area contributed by atoms with Crippen molar-refractivity contribution in [2.75, 3.05) is 26.2 Å². The maximum Gasteiger partial charge on any atom is 0.243 e. The molecule has 6 heteroatoms. The van der Waals surface area contributed by atoms with Crippen molar-refractivity contribution in [3.63, 3.8) is 0 Å². The molecule has 1 aliphatic carbocycles. The highest BCUT2D eigenvalue weighted by atomic mass is 32.2. The van der Waals surface area contributed by atoms with E-state index in [0.29, 0.717) is 23.9 Å². The molecule has 2 saturated heterocycles. The van der Waals surface area contributed by atoms with Gasteiger partial charge in [-0.3, -0.25) is 4.90 Å². The van der Waals surface area contributed by atoms with Gasteiger partial charge >= 0.3 is 0 Å². The van der Waals surface area contributed by atoms with Crippen molar-refractivity contribution in [3.8, 4) is 0 Å². The molecule has 0 bridgehead atoms. The fourth-order valence-corrected chi connectivity index (χ4v) is 7.59. The molecule has 160 valence electrons. The molecule has 2 heterocycles. The quantitative estimate of drug-likeness (QED) is 0.771. The molecular weight excluding hydrogens is 396 g/mol. The highest BCUT2D eigenvalue weighted by Crippen LogP contribution is 2.55. The van der Waals surface area contributed by atoms with Crippen molar-refractivity contribution >= 4 is 10.0 Å². The summed E-state index contributed by atoms with van der Waals surface area (Å²) in [5, 5.41) is 10.2. The summed E-state index contributed by atoms with van der Waals surface area (Å²) in [5.74, 6) is 0.819. The Kier molecular flexibility index (Phi) is 5.22. The van der Waals surface area contributed by atoms with Crippen molar-refractivity contribution < 1.29 is 13.5 Å². The Hall–Kier alpha value is -1.73. The number of likely N-dealkylation sites (tertiary alicyclic amines) is 1. The van der Waals surface area contributed by atoms with E-state index in [1.165, 1.54) is 31.2 Å². The highest BCUT2D eigenvalue weighted by Gasteiger charge is 2.67. The van der Waals surface area contributed by atoms with Crippen molar-refractivity contribution in [1.82, 2.24) is 9.21 Å². The van der Waals surface area contributed by atoms with Crippen LogP contribution in [0.2, 0.25) is 0 Å². The maximum absolute atomic E-state index is 13.1. The molecule has 0 amide bonds. The van der Waals surface area contributed by atoms with E-state index in [-0.39, 0.29) is 24.1 Å². The first-order chi connectivity index (χ1) is 14.6. The summed E-state index contributed by atoms with van der Waals surface area (Å²) in [6.45, 7) is 2.06. The van der Waals surface area contributed by atoms with Crippen LogP contribution in [0.5, 0.6) is 0 Å². The second-order valence-corrected chi connectivity index (χ2v) is 11.1. The molecule has 3 aliphatic rings. The van der Waals surface area contributed by atoms with Crippen LogP contribution in [0.3, 0.4) is 0 Å². The van der Waals surface area contributed by atoms with Gasteiger partial charge in [0, 0.05) is 31.6 Å². The molecule has 0 unspecified atom stereocenters. The van der Waals surface area contributed by atoms with E-state index < -0.39 is 10.0 Å². The van der Waals surface area contributed by atoms with Gasteiger partial charge in [-0.25, -0.2) is 8.42 Å². The summed E-state index contributed by atoms with van der Waals surface area (Å²) >= 11 is 0. The van der Waals surface area contributed by atoms with Crippen molar-refractivity contribution in [2.45, 2.75) is 48.1 Å². The zero-order valence-electron chi connectivity index (χ0n) is 17.2. The maximum atomic E-state index is 13.1. The number of hydrogen-bond donors (Lipinski definition) is 1. The lowest BCUT2D eigenvalue weighted by Crippen LogP contribution is -2.85. The summed E-state index contributed by atoms with van der Waals surface area (Å²) < 4.78 is 27.9. The third kappa shape index (κ3) is 3.12. The zero-order valence-corrected chi connectivity index (χ0v) is 18.0. The van der Waals surface area contributed by atoms with E-state index in [1.54, 1.807) is 28.6 Å². The van der Waals surface area contributed by atoms with Gasteiger partial charge in [-0.15, -0.1) is 0 Å². The molecule has 3 fully saturated rings. The first kappa shape index (κ1) is 20.2. The van der Waals surface area contributed by atoms with Crippen LogP contribution in [0.4, 0.5) is 0 Å². The Morgan fingerprint density at radius 3 is 2.13 bits per heavy atom. The first-order valence-electron chi connectivity index (χ1n) is 11.0. The molecule has 2 aromatic rings. The van der Waals surface area contributed by atoms with Crippen LogP contribution < -0.4 is 0 Å². The minimum atomic E-state index is -3.49. The minimum absolute atomic E-state index is 0.0644. The molecule has 2 atom stereocenters. The van der Waals surface area contributed by atoms with E-state index >= 15 is 0 Å². The molecule has 30 heavy (non-hydrogen) atoms. The second-order valence-electron chi connectivity index (χ2n) is 9.13. The molecule has 0 aromatic heterocycles. The SMILES string of the molecule is O=S(=O)(c1ccccc1)N1CC2(C1)[C@@H](c1ccccc1)[C@@H](CO)N2CC1CCCC1. The third-order valence-corrected chi connectivity index (χ3v) is 9.30. The second kappa shape index (κ2) is 7.75. The number of sulfonamides is 1. The lowest BCUT2D eigenvalue weighted by molar-refractivity contribution is -0.175. The smallest absolute Gasteiger partial charge is 0.243 e. The third-order valence-electron chi connectivity index (χ3n) is 7.49. The lowest BCUT2D eigenvalue weighted by Gasteiger charge is -2.70. The van der Waals surface area contributed by atoms with Crippen molar-refractivity contribution in [3.05, 3.63) is 66.2 Å². The zero-order chi connectivity index (χ0) is 20.8. The van der Waals surface area contributed by atoms with Crippen LogP contribution >= 0.6 is 0 Å². The standard InChI is InChI=1S/C24H30N2O3S/c27-16-22-23(20-11-3-1-4-12-20)24(26(22)15-19-9-7-8-10-19)17-25(18-24)30(28,29)21-13-5-2-6-14-21/h1-6,11-14,19,22-23,27H,7-10,15-18H2/t22-,23+/m1/s1. The number of rotatable bonds is 6. The fourth-order valence-electron chi connectivity index (χ4n) is 6.00. The molecule has 2 aromatic carbocycles. The van der Waals surface area contributed by atoms with Crippen LogP contribution in [-0.4, -0.2) is 60.6 Å². The summed E-state index contributed by atoms with van der Waals surface area (Å²) in [5.41, 5.74) is 0.995. The Labute approximate surface area is 179 Å². The monoisotopic (exact) mass is 426 g/mol. The van der Waals surface area contributed by atoms with Crippen molar-refractivity contribution in [2.24, 2.45) is 5.92 Å². The van der Waals surface area contributed by atoms with Gasteiger partial charge in [0.15, 0.2) is 0 Å². The predicted molar refractivity (Wildman–Crippen MR) is 117 cm³/mol. The Morgan fingerprint density at radius 2 is 1.53 bits per heavy atom. The van der Waals surface area contributed by atoms with Gasteiger partial charge in [-0.05, 0) is 36.5 Å². The molecule has 1 N–H and O–H groups in total. The summed E-state index contributed by atoms with van der Waals surface area (Å²) in [6, 6.07) is 19.1. The molecule has 1 spiro atoms. The van der Waals surface area contributed by atoms with Crippen molar-refractivity contribution in [1.29, 1.82) is 0 Å². The summed E-state index contributed by atoms with van der Waals surface area (Å²) in [4.78, 5) is 2.80. The largest absolute Gasteiger partial charge is 0.395 e. The van der Waals surface area contributed by atoms with Gasteiger partial charge < -0.3 is 5.11 Å². The number of hydrogen-bond acceptors (Lipinski definition) is 4. The average Bonchev–Trinajstić information content (AvgIpc) is 3.25. The lowest BCUT2D eigenvalue weighted by atomic mass is 9.61. The van der Waals surface area contributed by atoms with Gasteiger partial charge in [0.1, 0.15) is 0 Å². The Balaban J connectivity index is 1.43. The minimum Gasteiger partial charge on any atom is -0.395 e. The van der Waals surface area contributed by atoms with Crippen LogP contribution in [0.25, 0.3) is 0 Å². The van der Waals surface area contributed by atoms with E-state index in [4.69, 9.17) is 0 Å². The van der Waals surface area contributed by atoms with E-state index in [9.17, 15) is 13.5 Å². The first-order valence-corrected chi connectivity index (χ1v) is 12.5. The van der Waals surface area contributed by atoms with Crippen LogP contribution in [0.1, 0.15) is 37.2 Å². The van der Waals surface area contributed by atoms with Gasteiger partial charge in [-0.2, -0.15) is 4.31 Å². The van der Waals surface area contributed by atoms with Crippen LogP contribution in [0, 0.1) is 5.92 Å². The molecule has 5 nitrogen and oxygen atoms in total. The highest BCUT2D eigenvalue weighted by molar-refractivity contribution is 7.89. The van der Waals surface area contributed by atoms with E-state index in [1.807, 2.05) is 24.3 Å². The molecular formula is C24H30N2O3S. The predicted octanol–water partition coefficient (Wildman–Crippen LogP) is 3.08. The van der Waals surface area contributed by atoms with Gasteiger partial charge in [-0.1, -0.05) is 61.4 Å². The van der Waals surface area contributed by atoms with Gasteiger partial charge in [0.05, 0.1) is 17.0 Å². The van der Waals surface area contributed by atoms with E-state index in [0.717, 1.165) is 6.54 Å². The van der Waals surface area contributed by atoms with Crippen LogP contribution in [0.15, 0.2) is 65.6 Å². The topological polar surface area (TPSA) is 60.9 Å². The normalized spacial score (nSPS) is 27.1. The number of nitrogens with zero attached hydrogens (tertiary/aromatic N) is 2. The molecule has 5 rings (SSSR count). The van der Waals surface area contributed by atoms with Crippen LogP contribution in [-0.2, 0) is 10.0 Å². The number of aliphatic hydroxyl groups excluding tert-OH is 1. The Bertz CT molecular complexity index is 968. The number of benzene rings is 2. The van der Waals surface area contributed by atoms with E-state index in [2.05, 4.69) is 17.0 Å². The average molecular weight is 427 g/mol. The summed E-state index contributed by atoms with van der Waals surface area (Å²) in [6.07, 6.45) is 5.05. The molecule has 2 aliphatic heterocycles. The number of aliphatic hydroxyl groups is 1. The Morgan fingerprint density at radius 1 is 0.933 bits per heavy atom. The van der Waals surface area contributed by atoms with Gasteiger partial charge in [0.2, 0.25) is 10.0 Å².